The van der Waals surface area contributed by atoms with Crippen molar-refractivity contribution >= 4 is 0 Å². The normalized spacial score (nSPS) is 12.8. The van der Waals surface area contributed by atoms with Gasteiger partial charge >= 0.3 is 0 Å². The van der Waals surface area contributed by atoms with E-state index in [-0.39, 0.29) is 5.54 Å². The maximum absolute atomic E-state index is 5.84. The highest BCUT2D eigenvalue weighted by molar-refractivity contribution is 5.08. The summed E-state index contributed by atoms with van der Waals surface area (Å²) in [5.41, 5.74) is 7.89. The second-order valence-electron chi connectivity index (χ2n) is 4.52. The Kier molecular flexibility index (Phi) is 4.75. The molecule has 0 aliphatic carbocycles. The molecule has 0 aromatic heterocycles. The van der Waals surface area contributed by atoms with Crippen molar-refractivity contribution in [1.82, 2.24) is 4.90 Å². The molecule has 0 saturated carbocycles. The molecule has 2 N–H and O–H groups in total. The highest BCUT2D eigenvalue weighted by atomic mass is 15.2. The van der Waals surface area contributed by atoms with Gasteiger partial charge in [-0.25, -0.2) is 0 Å². The fraction of sp³-hybridized carbons (Fsp3) is 0.667. The summed E-state index contributed by atoms with van der Waals surface area (Å²) in [6.07, 6.45) is 3.83. The van der Waals surface area contributed by atoms with E-state index < -0.39 is 0 Å². The van der Waals surface area contributed by atoms with E-state index in [9.17, 15) is 0 Å². The van der Waals surface area contributed by atoms with Crippen LogP contribution in [0.3, 0.4) is 0 Å². The lowest BCUT2D eigenvalue weighted by molar-refractivity contribution is 0.251. The largest absolute Gasteiger partial charge is 0.401 e. The molecular weight excluding hydrogens is 172 g/mol. The van der Waals surface area contributed by atoms with E-state index in [1.54, 1.807) is 0 Å². The zero-order valence-corrected chi connectivity index (χ0v) is 10.2. The molecule has 0 aromatic carbocycles. The first-order valence-corrected chi connectivity index (χ1v) is 5.26. The molecule has 0 saturated heterocycles. The second kappa shape index (κ2) is 5.08. The maximum atomic E-state index is 5.84. The first-order valence-electron chi connectivity index (χ1n) is 5.26. The molecule has 0 bridgehead atoms. The molecule has 2 heteroatoms. The summed E-state index contributed by atoms with van der Waals surface area (Å²) in [4.78, 5) is 2.16. The van der Waals surface area contributed by atoms with Gasteiger partial charge in [0.05, 0.1) is 0 Å². The fourth-order valence-corrected chi connectivity index (χ4v) is 1.19. The van der Waals surface area contributed by atoms with E-state index in [0.717, 1.165) is 24.2 Å². The van der Waals surface area contributed by atoms with Gasteiger partial charge in [0.25, 0.3) is 0 Å². The molecule has 0 aromatic rings. The lowest BCUT2D eigenvalue weighted by Crippen LogP contribution is -2.36. The zero-order valence-electron chi connectivity index (χ0n) is 10.2. The summed E-state index contributed by atoms with van der Waals surface area (Å²) in [5, 5.41) is 0. The molecule has 0 heterocycles. The molecular formula is C12H24N2. The van der Waals surface area contributed by atoms with Crippen LogP contribution in [0.1, 0.15) is 47.5 Å². The quantitative estimate of drug-likeness (QED) is 0.748. The predicted molar refractivity (Wildman–Crippen MR) is 63.6 cm³/mol. The zero-order chi connectivity index (χ0) is 11.4. The number of rotatable bonds is 4. The maximum Gasteiger partial charge on any atom is 0.0358 e. The Hall–Kier alpha value is -0.920. The van der Waals surface area contributed by atoms with Crippen molar-refractivity contribution in [1.29, 1.82) is 0 Å². The van der Waals surface area contributed by atoms with Gasteiger partial charge in [-0.3, -0.25) is 0 Å². The SMILES string of the molecule is C=C(CC)N(/C=C(\N)CC)C(C)(C)C. The Morgan fingerprint density at radius 3 is 2.07 bits per heavy atom. The second-order valence-corrected chi connectivity index (χ2v) is 4.52. The van der Waals surface area contributed by atoms with Crippen LogP contribution in [0.4, 0.5) is 0 Å². The lowest BCUT2D eigenvalue weighted by Gasteiger charge is -2.36. The van der Waals surface area contributed by atoms with Crippen molar-refractivity contribution in [3.8, 4) is 0 Å². The van der Waals surface area contributed by atoms with Gasteiger partial charge in [0.1, 0.15) is 0 Å². The summed E-state index contributed by atoms with van der Waals surface area (Å²) in [6, 6.07) is 0. The minimum Gasteiger partial charge on any atom is -0.401 e. The van der Waals surface area contributed by atoms with Gasteiger partial charge in [0.2, 0.25) is 0 Å². The van der Waals surface area contributed by atoms with Gasteiger partial charge in [-0.2, -0.15) is 0 Å². The number of hydrogen-bond acceptors (Lipinski definition) is 2. The summed E-state index contributed by atoms with van der Waals surface area (Å²) in [5.74, 6) is 0. The van der Waals surface area contributed by atoms with Gasteiger partial charge in [-0.15, -0.1) is 0 Å². The molecule has 0 aliphatic rings. The highest BCUT2D eigenvalue weighted by Crippen LogP contribution is 2.21. The van der Waals surface area contributed by atoms with Gasteiger partial charge in [-0.05, 0) is 33.6 Å². The van der Waals surface area contributed by atoms with E-state index in [1.807, 2.05) is 6.20 Å². The van der Waals surface area contributed by atoms with Crippen molar-refractivity contribution < 1.29 is 0 Å². The van der Waals surface area contributed by atoms with Crippen LogP contribution in [0, 0.1) is 0 Å². The van der Waals surface area contributed by atoms with E-state index in [2.05, 4.69) is 46.1 Å². The summed E-state index contributed by atoms with van der Waals surface area (Å²) in [6.45, 7) is 14.7. The molecule has 0 amide bonds. The van der Waals surface area contributed by atoms with Crippen molar-refractivity contribution in [2.45, 2.75) is 53.0 Å². The molecule has 0 spiro atoms. The van der Waals surface area contributed by atoms with E-state index in [4.69, 9.17) is 5.73 Å². The van der Waals surface area contributed by atoms with Crippen LogP contribution in [0.5, 0.6) is 0 Å². The number of hydrogen-bond donors (Lipinski definition) is 1. The van der Waals surface area contributed by atoms with Gasteiger partial charge in [0, 0.05) is 23.1 Å². The summed E-state index contributed by atoms with van der Waals surface area (Å²) >= 11 is 0. The summed E-state index contributed by atoms with van der Waals surface area (Å²) < 4.78 is 0. The van der Waals surface area contributed by atoms with Crippen molar-refractivity contribution in [3.05, 3.63) is 24.2 Å². The van der Waals surface area contributed by atoms with Crippen molar-refractivity contribution in [2.75, 3.05) is 0 Å². The Bertz CT molecular complexity index is 221. The Balaban J connectivity index is 4.84. The molecule has 0 radical (unpaired) electrons. The van der Waals surface area contributed by atoms with E-state index >= 15 is 0 Å². The average Bonchev–Trinajstić information content (AvgIpc) is 2.10. The topological polar surface area (TPSA) is 29.3 Å². The first kappa shape index (κ1) is 13.1. The average molecular weight is 196 g/mol. The molecule has 0 rings (SSSR count). The molecule has 2 nitrogen and oxygen atoms in total. The molecule has 0 aliphatic heterocycles. The predicted octanol–water partition coefficient (Wildman–Crippen LogP) is 3.22. The van der Waals surface area contributed by atoms with Crippen LogP contribution >= 0.6 is 0 Å². The highest BCUT2D eigenvalue weighted by Gasteiger charge is 2.19. The molecule has 0 unspecified atom stereocenters. The third-order valence-corrected chi connectivity index (χ3v) is 2.17. The molecule has 82 valence electrons. The minimum absolute atomic E-state index is 0.0485. The van der Waals surface area contributed by atoms with Crippen LogP contribution in [0.2, 0.25) is 0 Å². The molecule has 0 fully saturated rings. The van der Waals surface area contributed by atoms with Crippen LogP contribution in [-0.4, -0.2) is 10.4 Å². The Morgan fingerprint density at radius 1 is 1.29 bits per heavy atom. The van der Waals surface area contributed by atoms with Gasteiger partial charge in [0.15, 0.2) is 0 Å². The smallest absolute Gasteiger partial charge is 0.0358 e. The Morgan fingerprint density at radius 2 is 1.79 bits per heavy atom. The van der Waals surface area contributed by atoms with Crippen LogP contribution in [0.25, 0.3) is 0 Å². The third-order valence-electron chi connectivity index (χ3n) is 2.17. The van der Waals surface area contributed by atoms with Crippen LogP contribution in [0.15, 0.2) is 24.2 Å². The number of nitrogens with two attached hydrogens (primary N) is 1. The van der Waals surface area contributed by atoms with Crippen LogP contribution < -0.4 is 5.73 Å². The first-order chi connectivity index (χ1) is 6.32. The van der Waals surface area contributed by atoms with Crippen molar-refractivity contribution in [3.63, 3.8) is 0 Å². The van der Waals surface area contributed by atoms with E-state index in [1.165, 1.54) is 0 Å². The Labute approximate surface area is 88.5 Å². The standard InChI is InChI=1S/C12H24N2/c1-7-10(3)14(12(4,5)6)9-11(13)8-2/h9H,3,7-8,13H2,1-2,4-6H3/b11-9-. The number of nitrogens with zero attached hydrogens (tertiary/aromatic N) is 1. The monoisotopic (exact) mass is 196 g/mol. The minimum atomic E-state index is 0.0485. The fourth-order valence-electron chi connectivity index (χ4n) is 1.19. The molecule has 0 atom stereocenters. The number of allylic oxidation sites excluding steroid dienone is 2. The van der Waals surface area contributed by atoms with Gasteiger partial charge < -0.3 is 10.6 Å². The van der Waals surface area contributed by atoms with Crippen molar-refractivity contribution in [2.24, 2.45) is 5.73 Å². The third kappa shape index (κ3) is 3.86. The summed E-state index contributed by atoms with van der Waals surface area (Å²) in [7, 11) is 0. The van der Waals surface area contributed by atoms with Gasteiger partial charge in [-0.1, -0.05) is 20.4 Å². The van der Waals surface area contributed by atoms with E-state index in [0.29, 0.717) is 0 Å². The lowest BCUT2D eigenvalue weighted by atomic mass is 10.0. The van der Waals surface area contributed by atoms with Crippen LogP contribution in [-0.2, 0) is 0 Å². The molecule has 14 heavy (non-hydrogen) atoms.